The lowest BCUT2D eigenvalue weighted by Crippen LogP contribution is -2.33. The van der Waals surface area contributed by atoms with E-state index in [9.17, 15) is 9.59 Å². The van der Waals surface area contributed by atoms with E-state index in [4.69, 9.17) is 0 Å². The highest BCUT2D eigenvalue weighted by Gasteiger charge is 2.20. The summed E-state index contributed by atoms with van der Waals surface area (Å²) in [6, 6.07) is 10.1. The molecule has 1 aliphatic rings. The molecule has 0 unspecified atom stereocenters. The number of carbonyl (C=O) groups excluding carboxylic acids is 2. The van der Waals surface area contributed by atoms with Crippen LogP contribution in [0.15, 0.2) is 30.3 Å². The number of hydrogen-bond acceptors (Lipinski definition) is 4. The maximum absolute atomic E-state index is 12.4. The highest BCUT2D eigenvalue weighted by Crippen LogP contribution is 2.20. The topological polar surface area (TPSA) is 71.1 Å². The Morgan fingerprint density at radius 2 is 1.92 bits per heavy atom. The summed E-state index contributed by atoms with van der Waals surface area (Å²) in [5, 5.41) is 6.66. The summed E-state index contributed by atoms with van der Waals surface area (Å²) in [4.78, 5) is 29.5. The van der Waals surface area contributed by atoms with Gasteiger partial charge < -0.3 is 10.6 Å². The van der Waals surface area contributed by atoms with E-state index in [-0.39, 0.29) is 18.2 Å². The molecule has 1 aromatic carbocycles. The normalized spacial score (nSPS) is 14.4. The van der Waals surface area contributed by atoms with Gasteiger partial charge in [0.15, 0.2) is 0 Å². The van der Waals surface area contributed by atoms with Crippen LogP contribution in [0.25, 0.3) is 0 Å². The van der Waals surface area contributed by atoms with Gasteiger partial charge in [0.25, 0.3) is 5.91 Å². The first-order valence-electron chi connectivity index (χ1n) is 8.69. The molecule has 2 N–H and O–H groups in total. The van der Waals surface area contributed by atoms with Gasteiger partial charge in [-0.15, -0.1) is 11.3 Å². The van der Waals surface area contributed by atoms with Crippen LogP contribution in [0.3, 0.4) is 0 Å². The highest BCUT2D eigenvalue weighted by molar-refractivity contribution is 7.13. The molecular formula is C19H23N3O2S. The molecule has 25 heavy (non-hydrogen) atoms. The van der Waals surface area contributed by atoms with Crippen LogP contribution in [0.2, 0.25) is 0 Å². The first-order chi connectivity index (χ1) is 12.1. The predicted molar refractivity (Wildman–Crippen MR) is 98.6 cm³/mol. The summed E-state index contributed by atoms with van der Waals surface area (Å²) in [5.41, 5.74) is 1.73. The third kappa shape index (κ3) is 4.89. The van der Waals surface area contributed by atoms with Crippen LogP contribution >= 0.6 is 11.3 Å². The van der Waals surface area contributed by atoms with Gasteiger partial charge in [0.05, 0.1) is 12.1 Å². The van der Waals surface area contributed by atoms with Gasteiger partial charge in [-0.1, -0.05) is 43.2 Å². The number of hydrogen-bond donors (Lipinski definition) is 2. The Hall–Kier alpha value is -2.21. The van der Waals surface area contributed by atoms with Crippen LogP contribution in [-0.2, 0) is 17.8 Å². The third-order valence-corrected chi connectivity index (χ3v) is 5.53. The molecule has 132 valence electrons. The minimum Gasteiger partial charge on any atom is -0.353 e. The zero-order valence-electron chi connectivity index (χ0n) is 14.4. The van der Waals surface area contributed by atoms with E-state index in [0.29, 0.717) is 28.2 Å². The van der Waals surface area contributed by atoms with E-state index in [1.54, 1.807) is 0 Å². The van der Waals surface area contributed by atoms with Crippen molar-refractivity contribution in [2.75, 3.05) is 0 Å². The summed E-state index contributed by atoms with van der Waals surface area (Å²) in [6.45, 7) is 2.29. The number of carbonyl (C=O) groups is 2. The van der Waals surface area contributed by atoms with Crippen LogP contribution < -0.4 is 10.6 Å². The molecule has 0 radical (unpaired) electrons. The first kappa shape index (κ1) is 17.6. The average Bonchev–Trinajstić information content (AvgIpc) is 3.23. The molecule has 5 nitrogen and oxygen atoms in total. The second kappa shape index (κ2) is 8.25. The Balaban J connectivity index is 1.55. The van der Waals surface area contributed by atoms with Gasteiger partial charge in [-0.05, 0) is 25.3 Å². The predicted octanol–water partition coefficient (Wildman–Crippen LogP) is 2.98. The Kier molecular flexibility index (Phi) is 5.81. The zero-order chi connectivity index (χ0) is 17.6. The van der Waals surface area contributed by atoms with E-state index >= 15 is 0 Å². The SMILES string of the molecule is Cc1nc(CC(=O)NC2CCCC2)sc1C(=O)NCc1ccccc1. The van der Waals surface area contributed by atoms with Gasteiger partial charge in [-0.2, -0.15) is 0 Å². The summed E-state index contributed by atoms with van der Waals surface area (Å²) >= 11 is 1.30. The summed E-state index contributed by atoms with van der Waals surface area (Å²) < 4.78 is 0. The number of nitrogens with zero attached hydrogens (tertiary/aromatic N) is 1. The Morgan fingerprint density at radius 1 is 1.20 bits per heavy atom. The Bertz CT molecular complexity index is 736. The lowest BCUT2D eigenvalue weighted by atomic mass is 10.2. The van der Waals surface area contributed by atoms with Crippen molar-refractivity contribution in [2.45, 2.75) is 51.6 Å². The van der Waals surface area contributed by atoms with Gasteiger partial charge in [-0.25, -0.2) is 4.98 Å². The molecule has 0 saturated heterocycles. The standard InChI is InChI=1S/C19H23N3O2S/c1-13-18(19(24)20-12-14-7-3-2-4-8-14)25-17(21-13)11-16(23)22-15-9-5-6-10-15/h2-4,7-8,15H,5-6,9-12H2,1H3,(H,20,24)(H,22,23). The lowest BCUT2D eigenvalue weighted by Gasteiger charge is -2.10. The number of nitrogens with one attached hydrogen (secondary N) is 2. The quantitative estimate of drug-likeness (QED) is 0.835. The molecule has 6 heteroatoms. The number of aryl methyl sites for hydroxylation is 1. The molecule has 0 spiro atoms. The molecule has 1 saturated carbocycles. The van der Waals surface area contributed by atoms with Crippen molar-refractivity contribution in [1.82, 2.24) is 15.6 Å². The Morgan fingerprint density at radius 3 is 2.64 bits per heavy atom. The molecule has 1 aliphatic carbocycles. The van der Waals surface area contributed by atoms with E-state index < -0.39 is 0 Å². The molecule has 1 aromatic heterocycles. The van der Waals surface area contributed by atoms with Crippen molar-refractivity contribution in [1.29, 1.82) is 0 Å². The lowest BCUT2D eigenvalue weighted by molar-refractivity contribution is -0.121. The van der Waals surface area contributed by atoms with Crippen molar-refractivity contribution in [3.8, 4) is 0 Å². The van der Waals surface area contributed by atoms with Crippen molar-refractivity contribution in [2.24, 2.45) is 0 Å². The summed E-state index contributed by atoms with van der Waals surface area (Å²) in [7, 11) is 0. The first-order valence-corrected chi connectivity index (χ1v) is 9.51. The summed E-state index contributed by atoms with van der Waals surface area (Å²) in [5.74, 6) is -0.141. The van der Waals surface area contributed by atoms with Crippen molar-refractivity contribution in [3.05, 3.63) is 51.5 Å². The van der Waals surface area contributed by atoms with Gasteiger partial charge >= 0.3 is 0 Å². The number of aromatic nitrogens is 1. The fourth-order valence-electron chi connectivity index (χ4n) is 3.08. The number of thiazole rings is 1. The highest BCUT2D eigenvalue weighted by atomic mass is 32.1. The molecule has 2 aromatic rings. The second-order valence-electron chi connectivity index (χ2n) is 6.42. The fraction of sp³-hybridized carbons (Fsp3) is 0.421. The van der Waals surface area contributed by atoms with Crippen LogP contribution in [0.5, 0.6) is 0 Å². The molecule has 0 atom stereocenters. The van der Waals surface area contributed by atoms with Crippen molar-refractivity contribution < 1.29 is 9.59 Å². The molecule has 0 bridgehead atoms. The van der Waals surface area contributed by atoms with Crippen LogP contribution in [0, 0.1) is 6.92 Å². The number of rotatable bonds is 6. The average molecular weight is 357 g/mol. The monoisotopic (exact) mass is 357 g/mol. The van der Waals surface area contributed by atoms with Crippen LogP contribution in [-0.4, -0.2) is 22.8 Å². The van der Waals surface area contributed by atoms with Gasteiger partial charge in [0, 0.05) is 12.6 Å². The smallest absolute Gasteiger partial charge is 0.263 e. The second-order valence-corrected chi connectivity index (χ2v) is 7.50. The molecule has 1 fully saturated rings. The maximum atomic E-state index is 12.4. The minimum atomic E-state index is -0.138. The number of amides is 2. The van der Waals surface area contributed by atoms with E-state index in [0.717, 1.165) is 18.4 Å². The van der Waals surface area contributed by atoms with Gasteiger partial charge in [0.2, 0.25) is 5.91 Å². The minimum absolute atomic E-state index is 0.00288. The fourth-order valence-corrected chi connectivity index (χ4v) is 4.06. The molecule has 3 rings (SSSR count). The molecule has 2 amide bonds. The Labute approximate surface area is 151 Å². The van der Waals surface area contributed by atoms with E-state index in [1.807, 2.05) is 37.3 Å². The van der Waals surface area contributed by atoms with E-state index in [2.05, 4.69) is 15.6 Å². The van der Waals surface area contributed by atoms with Gasteiger partial charge in [0.1, 0.15) is 9.88 Å². The zero-order valence-corrected chi connectivity index (χ0v) is 15.2. The largest absolute Gasteiger partial charge is 0.353 e. The molecule has 1 heterocycles. The molecular weight excluding hydrogens is 334 g/mol. The van der Waals surface area contributed by atoms with E-state index in [1.165, 1.54) is 24.2 Å². The maximum Gasteiger partial charge on any atom is 0.263 e. The van der Waals surface area contributed by atoms with Crippen molar-refractivity contribution >= 4 is 23.2 Å². The third-order valence-electron chi connectivity index (χ3n) is 4.38. The van der Waals surface area contributed by atoms with Gasteiger partial charge in [-0.3, -0.25) is 9.59 Å². The number of benzene rings is 1. The summed E-state index contributed by atoms with van der Waals surface area (Å²) in [6.07, 6.45) is 4.75. The van der Waals surface area contributed by atoms with Crippen LogP contribution in [0.4, 0.5) is 0 Å². The van der Waals surface area contributed by atoms with Crippen molar-refractivity contribution in [3.63, 3.8) is 0 Å². The van der Waals surface area contributed by atoms with Crippen LogP contribution in [0.1, 0.15) is 51.6 Å². The molecule has 0 aliphatic heterocycles.